The summed E-state index contributed by atoms with van der Waals surface area (Å²) in [5, 5.41) is 3.20. The van der Waals surface area contributed by atoms with Crippen molar-refractivity contribution < 1.29 is 9.53 Å². The molecule has 0 heterocycles. The van der Waals surface area contributed by atoms with Crippen molar-refractivity contribution in [3.8, 4) is 0 Å². The zero-order valence-electron chi connectivity index (χ0n) is 12.7. The van der Waals surface area contributed by atoms with Crippen LogP contribution in [0.2, 0.25) is 0 Å². The van der Waals surface area contributed by atoms with E-state index in [1.807, 2.05) is 13.8 Å². The third-order valence-electron chi connectivity index (χ3n) is 2.83. The van der Waals surface area contributed by atoms with E-state index in [0.717, 1.165) is 32.6 Å². The van der Waals surface area contributed by atoms with Crippen molar-refractivity contribution >= 4 is 5.97 Å². The van der Waals surface area contributed by atoms with Crippen LogP contribution in [-0.4, -0.2) is 49.7 Å². The highest BCUT2D eigenvalue weighted by molar-refractivity contribution is 5.75. The Kier molecular flexibility index (Phi) is 9.98. The Morgan fingerprint density at radius 2 is 1.94 bits per heavy atom. The van der Waals surface area contributed by atoms with Gasteiger partial charge in [0.15, 0.2) is 0 Å². The molecule has 0 aliphatic carbocycles. The minimum absolute atomic E-state index is 0.125. The van der Waals surface area contributed by atoms with Gasteiger partial charge in [-0.05, 0) is 32.4 Å². The second-order valence-corrected chi connectivity index (χ2v) is 4.94. The number of ether oxygens (including phenoxy) is 1. The van der Waals surface area contributed by atoms with Gasteiger partial charge in [-0.2, -0.15) is 0 Å². The van der Waals surface area contributed by atoms with Crippen LogP contribution in [-0.2, 0) is 9.53 Å². The molecule has 0 fully saturated rings. The molecule has 0 saturated heterocycles. The lowest BCUT2D eigenvalue weighted by Gasteiger charge is -2.25. The molecule has 108 valence electrons. The van der Waals surface area contributed by atoms with Crippen molar-refractivity contribution in [2.24, 2.45) is 5.92 Å². The van der Waals surface area contributed by atoms with Gasteiger partial charge in [-0.25, -0.2) is 0 Å². The summed E-state index contributed by atoms with van der Waals surface area (Å²) >= 11 is 0. The number of nitrogens with zero attached hydrogens (tertiary/aromatic N) is 1. The molecule has 0 rings (SSSR count). The van der Waals surface area contributed by atoms with Gasteiger partial charge in [-0.15, -0.1) is 0 Å². The quantitative estimate of drug-likeness (QED) is 0.608. The topological polar surface area (TPSA) is 41.6 Å². The summed E-state index contributed by atoms with van der Waals surface area (Å²) in [4.78, 5) is 14.1. The number of likely N-dealkylation sites (N-methyl/N-ethyl adjacent to an activating group) is 1. The summed E-state index contributed by atoms with van der Waals surface area (Å²) in [6, 6.07) is -0.170. The van der Waals surface area contributed by atoms with Crippen molar-refractivity contribution in [3.05, 3.63) is 0 Å². The second-order valence-electron chi connectivity index (χ2n) is 4.94. The first-order valence-electron chi connectivity index (χ1n) is 7.17. The van der Waals surface area contributed by atoms with E-state index in [9.17, 15) is 4.79 Å². The lowest BCUT2D eigenvalue weighted by molar-refractivity contribution is -0.145. The third kappa shape index (κ3) is 7.67. The standard InChI is InChI=1S/C14H30N2O2/c1-6-15-13(14(17)18-8-3)9-10-16(7-2)11-12(4)5/h12-13,15H,6-11H2,1-5H3. The van der Waals surface area contributed by atoms with E-state index < -0.39 is 0 Å². The Bertz CT molecular complexity index is 220. The summed E-state index contributed by atoms with van der Waals surface area (Å²) in [6.45, 7) is 14.7. The average Bonchev–Trinajstić information content (AvgIpc) is 2.32. The highest BCUT2D eigenvalue weighted by atomic mass is 16.5. The number of carbonyl (C=O) groups excluding carboxylic acids is 1. The van der Waals surface area contributed by atoms with Crippen molar-refractivity contribution in [1.82, 2.24) is 10.2 Å². The molecular weight excluding hydrogens is 228 g/mol. The largest absolute Gasteiger partial charge is 0.465 e. The Balaban J connectivity index is 4.18. The zero-order valence-corrected chi connectivity index (χ0v) is 12.7. The summed E-state index contributed by atoms with van der Waals surface area (Å²) in [6.07, 6.45) is 0.813. The van der Waals surface area contributed by atoms with E-state index in [2.05, 4.69) is 31.0 Å². The number of carbonyl (C=O) groups is 1. The molecule has 0 amide bonds. The first-order valence-corrected chi connectivity index (χ1v) is 7.17. The molecule has 0 radical (unpaired) electrons. The number of rotatable bonds is 10. The van der Waals surface area contributed by atoms with E-state index in [1.54, 1.807) is 0 Å². The first-order chi connectivity index (χ1) is 8.54. The van der Waals surface area contributed by atoms with Gasteiger partial charge in [-0.1, -0.05) is 27.7 Å². The fourth-order valence-corrected chi connectivity index (χ4v) is 2.00. The minimum atomic E-state index is -0.170. The highest BCUT2D eigenvalue weighted by Crippen LogP contribution is 2.03. The van der Waals surface area contributed by atoms with Gasteiger partial charge in [0.1, 0.15) is 6.04 Å². The summed E-state index contributed by atoms with van der Waals surface area (Å²) < 4.78 is 5.08. The van der Waals surface area contributed by atoms with E-state index in [1.165, 1.54) is 0 Å². The van der Waals surface area contributed by atoms with Crippen LogP contribution in [0.3, 0.4) is 0 Å². The van der Waals surface area contributed by atoms with Gasteiger partial charge in [0, 0.05) is 13.1 Å². The molecular formula is C14H30N2O2. The Morgan fingerprint density at radius 1 is 1.28 bits per heavy atom. The van der Waals surface area contributed by atoms with Gasteiger partial charge in [0.05, 0.1) is 6.61 Å². The van der Waals surface area contributed by atoms with Gasteiger partial charge in [0.25, 0.3) is 0 Å². The normalized spacial score (nSPS) is 13.1. The molecule has 4 heteroatoms. The maximum atomic E-state index is 11.8. The molecule has 4 nitrogen and oxygen atoms in total. The van der Waals surface area contributed by atoms with Crippen LogP contribution in [0, 0.1) is 5.92 Å². The van der Waals surface area contributed by atoms with Crippen LogP contribution in [0.5, 0.6) is 0 Å². The Labute approximate surface area is 112 Å². The zero-order chi connectivity index (χ0) is 14.0. The van der Waals surface area contributed by atoms with Gasteiger partial charge in [0.2, 0.25) is 0 Å². The number of hydrogen-bond donors (Lipinski definition) is 1. The Hall–Kier alpha value is -0.610. The van der Waals surface area contributed by atoms with E-state index >= 15 is 0 Å². The van der Waals surface area contributed by atoms with Crippen molar-refractivity contribution in [2.45, 2.75) is 47.1 Å². The van der Waals surface area contributed by atoms with Crippen LogP contribution in [0.1, 0.15) is 41.0 Å². The number of esters is 1. The molecule has 0 saturated carbocycles. The summed E-state index contributed by atoms with van der Waals surface area (Å²) in [7, 11) is 0. The van der Waals surface area contributed by atoms with E-state index in [4.69, 9.17) is 4.74 Å². The molecule has 0 bridgehead atoms. The average molecular weight is 258 g/mol. The SMILES string of the molecule is CCNC(CCN(CC)CC(C)C)C(=O)OCC. The van der Waals surface area contributed by atoms with E-state index in [-0.39, 0.29) is 12.0 Å². The fraction of sp³-hybridized carbons (Fsp3) is 0.929. The van der Waals surface area contributed by atoms with Crippen LogP contribution < -0.4 is 5.32 Å². The molecule has 1 unspecified atom stereocenters. The molecule has 1 N–H and O–H groups in total. The smallest absolute Gasteiger partial charge is 0.323 e. The van der Waals surface area contributed by atoms with Gasteiger partial charge in [-0.3, -0.25) is 4.79 Å². The minimum Gasteiger partial charge on any atom is -0.465 e. The summed E-state index contributed by atoms with van der Waals surface area (Å²) in [5.74, 6) is 0.532. The number of nitrogens with one attached hydrogen (secondary N) is 1. The van der Waals surface area contributed by atoms with Gasteiger partial charge < -0.3 is 15.0 Å². The maximum Gasteiger partial charge on any atom is 0.323 e. The predicted octanol–water partition coefficient (Wildman–Crippen LogP) is 1.90. The molecule has 0 aromatic heterocycles. The van der Waals surface area contributed by atoms with Gasteiger partial charge >= 0.3 is 5.97 Å². The molecule has 0 spiro atoms. The predicted molar refractivity (Wildman–Crippen MR) is 75.7 cm³/mol. The third-order valence-corrected chi connectivity index (χ3v) is 2.83. The molecule has 1 atom stereocenters. The van der Waals surface area contributed by atoms with Crippen LogP contribution in [0.15, 0.2) is 0 Å². The monoisotopic (exact) mass is 258 g/mol. The fourth-order valence-electron chi connectivity index (χ4n) is 2.00. The molecule has 0 aliphatic rings. The molecule has 0 aliphatic heterocycles. The van der Waals surface area contributed by atoms with Crippen LogP contribution in [0.25, 0.3) is 0 Å². The van der Waals surface area contributed by atoms with Crippen LogP contribution in [0.4, 0.5) is 0 Å². The van der Waals surface area contributed by atoms with Crippen molar-refractivity contribution in [3.63, 3.8) is 0 Å². The lowest BCUT2D eigenvalue weighted by atomic mass is 10.1. The molecule has 0 aromatic carbocycles. The molecule has 0 aromatic rings. The summed E-state index contributed by atoms with van der Waals surface area (Å²) in [5.41, 5.74) is 0. The first kappa shape index (κ1) is 17.4. The highest BCUT2D eigenvalue weighted by Gasteiger charge is 2.19. The second kappa shape index (κ2) is 10.3. The van der Waals surface area contributed by atoms with Crippen LogP contribution >= 0.6 is 0 Å². The van der Waals surface area contributed by atoms with Crippen molar-refractivity contribution in [2.75, 3.05) is 32.8 Å². The molecule has 18 heavy (non-hydrogen) atoms. The van der Waals surface area contributed by atoms with Crippen molar-refractivity contribution in [1.29, 1.82) is 0 Å². The number of hydrogen-bond acceptors (Lipinski definition) is 4. The Morgan fingerprint density at radius 3 is 2.39 bits per heavy atom. The lowest BCUT2D eigenvalue weighted by Crippen LogP contribution is -2.41. The maximum absolute atomic E-state index is 11.8. The van der Waals surface area contributed by atoms with E-state index in [0.29, 0.717) is 12.5 Å².